The Hall–Kier alpha value is -3.84. The number of halogens is 3. The summed E-state index contributed by atoms with van der Waals surface area (Å²) in [7, 11) is 0. The predicted molar refractivity (Wildman–Crippen MR) is 92.5 cm³/mol. The van der Waals surface area contributed by atoms with Crippen molar-refractivity contribution in [3.05, 3.63) is 71.3 Å². The van der Waals surface area contributed by atoms with Crippen LogP contribution in [0.5, 0.6) is 11.6 Å². The van der Waals surface area contributed by atoms with Gasteiger partial charge in [-0.15, -0.1) is 0 Å². The zero-order valence-corrected chi connectivity index (χ0v) is 13.7. The second kappa shape index (κ2) is 7.19. The summed E-state index contributed by atoms with van der Waals surface area (Å²) < 4.78 is 43.7. The number of ether oxygens (including phenoxy) is 1. The Morgan fingerprint density at radius 2 is 1.67 bits per heavy atom. The van der Waals surface area contributed by atoms with Gasteiger partial charge in [-0.1, -0.05) is 18.2 Å². The number of nitriles is 2. The van der Waals surface area contributed by atoms with Crippen LogP contribution in [0.1, 0.15) is 11.1 Å². The Balaban J connectivity index is 2.05. The van der Waals surface area contributed by atoms with Gasteiger partial charge in [0, 0.05) is 10.9 Å². The summed E-state index contributed by atoms with van der Waals surface area (Å²) in [4.78, 5) is 4.36. The number of benzene rings is 2. The van der Waals surface area contributed by atoms with Gasteiger partial charge in [-0.2, -0.15) is 23.7 Å². The second-order valence-electron chi connectivity index (χ2n) is 5.48. The Labute approximate surface area is 152 Å². The first kappa shape index (κ1) is 18.0. The van der Waals surface area contributed by atoms with E-state index >= 15 is 0 Å². The number of alkyl halides is 3. The first-order valence-electron chi connectivity index (χ1n) is 7.67. The summed E-state index contributed by atoms with van der Waals surface area (Å²) in [5.74, 6) is 0.229. The monoisotopic (exact) mass is 365 g/mol. The molecule has 0 fully saturated rings. The molecule has 0 aliphatic heterocycles. The highest BCUT2D eigenvalue weighted by molar-refractivity contribution is 5.83. The summed E-state index contributed by atoms with van der Waals surface area (Å²) in [6, 6.07) is 16.5. The van der Waals surface area contributed by atoms with E-state index in [2.05, 4.69) is 4.98 Å². The van der Waals surface area contributed by atoms with Crippen molar-refractivity contribution in [1.29, 1.82) is 10.5 Å². The Bertz CT molecular complexity index is 1090. The average Bonchev–Trinajstić information content (AvgIpc) is 2.66. The normalized spacial score (nSPS) is 10.7. The molecule has 3 aromatic rings. The maximum absolute atomic E-state index is 12.7. The summed E-state index contributed by atoms with van der Waals surface area (Å²) in [6.07, 6.45) is -3.12. The smallest absolute Gasteiger partial charge is 0.416 e. The van der Waals surface area contributed by atoms with Crippen molar-refractivity contribution in [2.45, 2.75) is 6.18 Å². The number of aromatic nitrogens is 1. The number of hydrogen-bond donors (Lipinski definition) is 0. The molecule has 0 saturated heterocycles. The molecule has 0 radical (unpaired) electrons. The fraction of sp³-hybridized carbons (Fsp3) is 0.0500. The minimum absolute atomic E-state index is 0.0801. The molecular formula is C20H10F3N3O. The molecule has 3 rings (SSSR count). The summed E-state index contributed by atoms with van der Waals surface area (Å²) in [6.45, 7) is 0. The van der Waals surface area contributed by atoms with E-state index in [1.807, 2.05) is 6.07 Å². The quantitative estimate of drug-likeness (QED) is 0.577. The lowest BCUT2D eigenvalue weighted by molar-refractivity contribution is -0.137. The molecule has 0 bridgehead atoms. The van der Waals surface area contributed by atoms with Crippen molar-refractivity contribution in [2.24, 2.45) is 0 Å². The van der Waals surface area contributed by atoms with Gasteiger partial charge in [0.05, 0.1) is 11.1 Å². The number of hydrogen-bond acceptors (Lipinski definition) is 4. The van der Waals surface area contributed by atoms with E-state index in [0.29, 0.717) is 11.1 Å². The van der Waals surface area contributed by atoms with Crippen LogP contribution in [0.4, 0.5) is 13.2 Å². The highest BCUT2D eigenvalue weighted by atomic mass is 19.4. The van der Waals surface area contributed by atoms with Gasteiger partial charge in [0.1, 0.15) is 23.5 Å². The third-order valence-electron chi connectivity index (χ3n) is 3.65. The van der Waals surface area contributed by atoms with Crippen molar-refractivity contribution >= 4 is 17.0 Å². The number of para-hydroxylation sites is 1. The van der Waals surface area contributed by atoms with Gasteiger partial charge in [0.15, 0.2) is 0 Å². The molecule has 1 aromatic heterocycles. The van der Waals surface area contributed by atoms with Crippen LogP contribution in [0.25, 0.3) is 17.0 Å². The van der Waals surface area contributed by atoms with E-state index in [1.54, 1.807) is 36.4 Å². The molecule has 0 amide bonds. The van der Waals surface area contributed by atoms with Gasteiger partial charge in [0.2, 0.25) is 5.88 Å². The minimum Gasteiger partial charge on any atom is -0.438 e. The van der Waals surface area contributed by atoms with Gasteiger partial charge in [0.25, 0.3) is 0 Å². The zero-order valence-electron chi connectivity index (χ0n) is 13.7. The lowest BCUT2D eigenvalue weighted by Crippen LogP contribution is -2.04. The molecule has 2 aromatic carbocycles. The first-order valence-corrected chi connectivity index (χ1v) is 7.67. The Kier molecular flexibility index (Phi) is 4.78. The molecular weight excluding hydrogens is 355 g/mol. The highest BCUT2D eigenvalue weighted by Crippen LogP contribution is 2.32. The predicted octanol–water partition coefficient (Wildman–Crippen LogP) is 5.48. The highest BCUT2D eigenvalue weighted by Gasteiger charge is 2.30. The Morgan fingerprint density at radius 3 is 2.30 bits per heavy atom. The third-order valence-corrected chi connectivity index (χ3v) is 3.65. The van der Waals surface area contributed by atoms with Crippen LogP contribution in [0.3, 0.4) is 0 Å². The first-order chi connectivity index (χ1) is 12.9. The lowest BCUT2D eigenvalue weighted by Gasteiger charge is -2.11. The fourth-order valence-corrected chi connectivity index (χ4v) is 2.37. The maximum Gasteiger partial charge on any atom is 0.416 e. The third kappa shape index (κ3) is 4.05. The van der Waals surface area contributed by atoms with E-state index in [4.69, 9.17) is 15.3 Å². The van der Waals surface area contributed by atoms with Crippen LogP contribution in [0, 0.1) is 22.7 Å². The standard InChI is InChI=1S/C20H10F3N3O/c21-20(22,23)16-5-7-17(8-6-16)27-19-15(9-13(11-24)12-25)10-14-3-1-2-4-18(14)26-19/h1-10H. The maximum atomic E-state index is 12.7. The van der Waals surface area contributed by atoms with E-state index in [1.165, 1.54) is 18.2 Å². The van der Waals surface area contributed by atoms with E-state index in [9.17, 15) is 13.2 Å². The second-order valence-corrected chi connectivity index (χ2v) is 5.48. The molecule has 7 heteroatoms. The van der Waals surface area contributed by atoms with E-state index in [-0.39, 0.29) is 17.2 Å². The van der Waals surface area contributed by atoms with E-state index in [0.717, 1.165) is 17.5 Å². The lowest BCUT2D eigenvalue weighted by atomic mass is 10.1. The van der Waals surface area contributed by atoms with Gasteiger partial charge in [-0.05, 0) is 42.5 Å². The molecule has 1 heterocycles. The van der Waals surface area contributed by atoms with Crippen LogP contribution in [0.15, 0.2) is 60.2 Å². The number of pyridine rings is 1. The van der Waals surface area contributed by atoms with Crippen LogP contribution < -0.4 is 4.74 Å². The summed E-state index contributed by atoms with van der Waals surface area (Å²) in [5.41, 5.74) is 0.0285. The molecule has 4 nitrogen and oxygen atoms in total. The van der Waals surface area contributed by atoms with Crippen LogP contribution in [0.2, 0.25) is 0 Å². The topological polar surface area (TPSA) is 69.7 Å². The van der Waals surface area contributed by atoms with Crippen LogP contribution in [-0.2, 0) is 6.18 Å². The van der Waals surface area contributed by atoms with Gasteiger partial charge < -0.3 is 4.74 Å². The van der Waals surface area contributed by atoms with Crippen molar-refractivity contribution in [2.75, 3.05) is 0 Å². The number of fused-ring (bicyclic) bond motifs is 1. The molecule has 0 atom stereocenters. The van der Waals surface area contributed by atoms with Crippen molar-refractivity contribution in [1.82, 2.24) is 4.98 Å². The van der Waals surface area contributed by atoms with Crippen molar-refractivity contribution < 1.29 is 17.9 Å². The van der Waals surface area contributed by atoms with Crippen LogP contribution >= 0.6 is 0 Å². The van der Waals surface area contributed by atoms with Gasteiger partial charge >= 0.3 is 6.18 Å². The largest absolute Gasteiger partial charge is 0.438 e. The summed E-state index contributed by atoms with van der Waals surface area (Å²) in [5, 5.41) is 18.7. The number of allylic oxidation sites excluding steroid dienone is 1. The molecule has 0 N–H and O–H groups in total. The number of nitrogens with zero attached hydrogens (tertiary/aromatic N) is 3. The summed E-state index contributed by atoms with van der Waals surface area (Å²) >= 11 is 0. The zero-order chi connectivity index (χ0) is 19.4. The molecule has 0 saturated carbocycles. The molecule has 0 aliphatic rings. The van der Waals surface area contributed by atoms with Crippen molar-refractivity contribution in [3.63, 3.8) is 0 Å². The van der Waals surface area contributed by atoms with E-state index < -0.39 is 11.7 Å². The minimum atomic E-state index is -4.44. The SMILES string of the molecule is N#CC(C#N)=Cc1cc2ccccc2nc1Oc1ccc(C(F)(F)F)cc1. The van der Waals surface area contributed by atoms with Crippen molar-refractivity contribution in [3.8, 4) is 23.8 Å². The molecule has 0 unspecified atom stereocenters. The van der Waals surface area contributed by atoms with Gasteiger partial charge in [-0.3, -0.25) is 0 Å². The Morgan fingerprint density at radius 1 is 1.00 bits per heavy atom. The molecule has 27 heavy (non-hydrogen) atoms. The van der Waals surface area contributed by atoms with Crippen LogP contribution in [-0.4, -0.2) is 4.98 Å². The fourth-order valence-electron chi connectivity index (χ4n) is 2.37. The molecule has 0 spiro atoms. The number of rotatable bonds is 3. The average molecular weight is 365 g/mol. The van der Waals surface area contributed by atoms with Gasteiger partial charge in [-0.25, -0.2) is 4.98 Å². The molecule has 132 valence electrons. The molecule has 0 aliphatic carbocycles.